The molecule has 21 atom stereocenters. The van der Waals surface area contributed by atoms with Gasteiger partial charge >= 0.3 is 5.97 Å². The lowest BCUT2D eigenvalue weighted by Crippen LogP contribution is -2.69. The Kier molecular flexibility index (Phi) is 16.6. The van der Waals surface area contributed by atoms with Crippen LogP contribution in [-0.4, -0.2) is 114 Å². The summed E-state index contributed by atoms with van der Waals surface area (Å²) in [6.45, 7) is 13.2. The van der Waals surface area contributed by atoms with Crippen molar-refractivity contribution >= 4 is 23.5 Å². The van der Waals surface area contributed by atoms with Gasteiger partial charge < -0.3 is 57.1 Å². The number of aliphatic hydroxyl groups is 6. The van der Waals surface area contributed by atoms with Crippen LogP contribution in [0.1, 0.15) is 176 Å². The minimum Gasteiger partial charge on any atom is -0.462 e. The second-order valence-electron chi connectivity index (χ2n) is 26.4. The molecule has 0 unspecified atom stereocenters. The number of nitrogens with two attached hydrogens (primary N) is 2. The number of aromatic nitrogens is 1. The van der Waals surface area contributed by atoms with Gasteiger partial charge in [-0.2, -0.15) is 0 Å². The Morgan fingerprint density at radius 3 is 2.43 bits per heavy atom. The fourth-order valence-electron chi connectivity index (χ4n) is 18.6. The number of aliphatic hydroxyl groups excluding tert-OH is 4. The number of guanidine groups is 1. The Hall–Kier alpha value is -4.04. The zero-order chi connectivity index (χ0) is 55.6. The number of Topliss-reactive ketones (excluding diaryl/α,β-unsaturated/α-hetero) is 2. The van der Waals surface area contributed by atoms with Crippen molar-refractivity contribution < 1.29 is 49.8 Å². The number of rotatable bonds is 14. The Labute approximate surface area is 457 Å². The lowest BCUT2D eigenvalue weighted by Gasteiger charge is -2.66. The number of carbonyl (C=O) groups is 3. The number of aliphatic imine (C=N–C) groups is 1. The van der Waals surface area contributed by atoms with Crippen molar-refractivity contribution in [3.05, 3.63) is 46.9 Å². The Morgan fingerprint density at radius 1 is 1.00 bits per heavy atom. The first-order valence-electron chi connectivity index (χ1n) is 29.8. The molecule has 8 aliphatic rings. The van der Waals surface area contributed by atoms with E-state index in [9.17, 15) is 40.2 Å². The second kappa shape index (κ2) is 22.1. The van der Waals surface area contributed by atoms with E-state index >= 15 is 4.79 Å². The van der Waals surface area contributed by atoms with Crippen LogP contribution in [0.2, 0.25) is 0 Å². The molecule has 15 heteroatoms. The summed E-state index contributed by atoms with van der Waals surface area (Å²) in [5.74, 6) is 4.47. The molecule has 77 heavy (non-hydrogen) atoms. The van der Waals surface area contributed by atoms with Crippen molar-refractivity contribution in [2.45, 2.75) is 212 Å². The molecular formula is C62H93N5O10. The van der Waals surface area contributed by atoms with Crippen LogP contribution >= 0.6 is 0 Å². The molecule has 0 aromatic carbocycles. The maximum absolute atomic E-state index is 16.2. The molecule has 0 bridgehead atoms. The number of carbonyl (C=O) groups excluding carboxylic acids is 3. The zero-order valence-electron chi connectivity index (χ0n) is 47.1. The van der Waals surface area contributed by atoms with Gasteiger partial charge in [-0.15, -0.1) is 5.92 Å². The van der Waals surface area contributed by atoms with Gasteiger partial charge in [-0.25, -0.2) is 0 Å². The molecule has 1 aromatic rings. The predicted octanol–water partition coefficient (Wildman–Crippen LogP) is 6.49. The summed E-state index contributed by atoms with van der Waals surface area (Å²) in [5, 5.41) is 78.7. The first-order valence-corrected chi connectivity index (χ1v) is 29.8. The van der Waals surface area contributed by atoms with Gasteiger partial charge in [0.25, 0.3) is 0 Å². The number of ketones is 2. The fourth-order valence-corrected chi connectivity index (χ4v) is 18.6. The summed E-state index contributed by atoms with van der Waals surface area (Å²) >= 11 is 0. The first-order chi connectivity index (χ1) is 36.5. The third-order valence-electron chi connectivity index (χ3n) is 22.4. The number of esters is 1. The van der Waals surface area contributed by atoms with Crippen LogP contribution in [0.15, 0.2) is 46.4 Å². The largest absolute Gasteiger partial charge is 0.462 e. The summed E-state index contributed by atoms with van der Waals surface area (Å²) in [6.07, 6.45) is 11.9. The van der Waals surface area contributed by atoms with Gasteiger partial charge in [0, 0.05) is 53.9 Å². The van der Waals surface area contributed by atoms with Gasteiger partial charge in [-0.3, -0.25) is 19.4 Å². The van der Waals surface area contributed by atoms with Crippen molar-refractivity contribution in [1.29, 1.82) is 0 Å². The van der Waals surface area contributed by atoms with E-state index < -0.39 is 87.9 Å². The summed E-state index contributed by atoms with van der Waals surface area (Å²) < 4.78 is 6.29. The summed E-state index contributed by atoms with van der Waals surface area (Å²) in [5.41, 5.74) is 7.65. The van der Waals surface area contributed by atoms with Crippen LogP contribution in [0.3, 0.4) is 0 Å². The Morgan fingerprint density at radius 2 is 1.75 bits per heavy atom. The highest BCUT2D eigenvalue weighted by molar-refractivity contribution is 6.03. The van der Waals surface area contributed by atoms with Gasteiger partial charge in [0.2, 0.25) is 0 Å². The smallest absolute Gasteiger partial charge is 0.314 e. The minimum absolute atomic E-state index is 0.0125. The second-order valence-corrected chi connectivity index (χ2v) is 26.4. The van der Waals surface area contributed by atoms with Crippen LogP contribution in [0.25, 0.3) is 0 Å². The number of allylic oxidation sites excluding steroid dienone is 3. The lowest BCUT2D eigenvalue weighted by atomic mass is 9.39. The number of aromatic amines is 1. The highest BCUT2D eigenvalue weighted by atomic mass is 16.6. The van der Waals surface area contributed by atoms with Crippen molar-refractivity contribution in [1.82, 2.24) is 10.3 Å². The van der Waals surface area contributed by atoms with Crippen LogP contribution in [0, 0.1) is 87.3 Å². The minimum atomic E-state index is -1.92. The van der Waals surface area contributed by atoms with E-state index in [1.54, 1.807) is 6.92 Å². The van der Waals surface area contributed by atoms with E-state index in [1.807, 2.05) is 25.4 Å². The Bertz CT molecular complexity index is 2510. The topological polar surface area (TPSA) is 274 Å². The number of fused-ring (bicyclic) bond motifs is 10. The number of hydrogen-bond acceptors (Lipinski definition) is 12. The molecule has 4 saturated carbocycles. The van der Waals surface area contributed by atoms with Crippen molar-refractivity contribution in [2.75, 3.05) is 13.2 Å². The first kappa shape index (κ1) is 57.6. The molecule has 426 valence electrons. The normalized spacial score (nSPS) is 44.1. The highest BCUT2D eigenvalue weighted by Gasteiger charge is 2.76. The van der Waals surface area contributed by atoms with E-state index in [0.717, 1.165) is 50.5 Å². The quantitative estimate of drug-likeness (QED) is 0.0239. The molecule has 7 aliphatic carbocycles. The number of cyclic esters (lactones) is 1. The van der Waals surface area contributed by atoms with Gasteiger partial charge in [0.05, 0.1) is 47.7 Å². The monoisotopic (exact) mass is 1070 g/mol. The Balaban J connectivity index is 1.26. The number of nitrogens with one attached hydrogen (secondary N) is 2. The molecule has 0 amide bonds. The predicted molar refractivity (Wildman–Crippen MR) is 294 cm³/mol. The van der Waals surface area contributed by atoms with Crippen LogP contribution in [-0.2, 0) is 19.1 Å². The highest BCUT2D eigenvalue weighted by Crippen LogP contribution is 2.74. The molecule has 1 aliphatic heterocycles. The van der Waals surface area contributed by atoms with Gasteiger partial charge in [-0.1, -0.05) is 71.5 Å². The number of hydrogen-bond donors (Lipinski definition) is 10. The molecule has 1 aromatic heterocycles. The summed E-state index contributed by atoms with van der Waals surface area (Å²) in [7, 11) is 0. The molecule has 0 spiro atoms. The van der Waals surface area contributed by atoms with E-state index in [0.29, 0.717) is 49.5 Å². The molecule has 5 fully saturated rings. The zero-order valence-corrected chi connectivity index (χ0v) is 47.1. The number of nitrogens with zero attached hydrogens (tertiary/aromatic N) is 1. The molecular weight excluding hydrogens is 975 g/mol. The molecule has 1 saturated heterocycles. The van der Waals surface area contributed by atoms with Crippen molar-refractivity contribution in [3.63, 3.8) is 0 Å². The third-order valence-corrected chi connectivity index (χ3v) is 22.4. The molecule has 9 rings (SSSR count). The van der Waals surface area contributed by atoms with E-state index in [1.165, 1.54) is 12.5 Å². The van der Waals surface area contributed by atoms with Gasteiger partial charge in [0.1, 0.15) is 12.1 Å². The van der Waals surface area contributed by atoms with E-state index in [-0.39, 0.29) is 104 Å². The molecule has 12 N–H and O–H groups in total. The maximum Gasteiger partial charge on any atom is 0.314 e. The molecule has 0 radical (unpaired) electrons. The van der Waals surface area contributed by atoms with Crippen molar-refractivity contribution in [3.8, 4) is 11.8 Å². The number of unbranched alkanes of at least 4 members (excludes halogenated alkanes) is 2. The van der Waals surface area contributed by atoms with Crippen LogP contribution < -0.4 is 16.8 Å². The third kappa shape index (κ3) is 9.66. The van der Waals surface area contributed by atoms with Crippen molar-refractivity contribution in [2.24, 2.45) is 91.9 Å². The van der Waals surface area contributed by atoms with E-state index in [2.05, 4.69) is 60.9 Å². The maximum atomic E-state index is 16.2. The molecule has 15 nitrogen and oxygen atoms in total. The average molecular weight is 1070 g/mol. The average Bonchev–Trinajstić information content (AvgIpc) is 4.33. The van der Waals surface area contributed by atoms with Gasteiger partial charge in [-0.05, 0) is 168 Å². The summed E-state index contributed by atoms with van der Waals surface area (Å²) in [6, 6.07) is 0.759. The van der Waals surface area contributed by atoms with E-state index in [4.69, 9.17) is 16.2 Å². The molecule has 2 heterocycles. The standard InChI is InChI=1S/C62H93N5O10/c1-8-10-11-21-61-31-47(71)46(70)30-58(61,6)44-19-22-60(23-25-66-57(63)64)54-39(29-62(60,76)52(44)53(55(61)73)67-45(33-68)36(5)69)14-12-13-38(50-48(9-2)77-56(74)51(50)40-20-24-65-32-40)28-43-41(35(4)27-49(72)59(54,7)75)18-17-37-16-15-34(3)26-42(37)43/h17,20,24,32,34-35,38-39,41-51,54,65,67-68,70-72,75-76H,8-11,14-16,18-19,21-23,25-31,33H2,1-7H3,(H4,63,64,66)/t34-,35-,38+,39+,41+,42-,43-,44+,45+,46+,47-,48-,49-,50-,51+,54-,58-,59+,60+,61+,62-/m1/s1. The van der Waals surface area contributed by atoms with Crippen LogP contribution in [0.5, 0.6) is 0 Å². The SMILES string of the molecule is CCCCC[C@@]12C[C@@H](O)[C@@H](O)C[C@]1(C)[C@H]1CC[C@]3(CCN=C(N)N)[C@@H]4[C@@H](CC#C[C@H]([C@@H]5[C@@H](CC)OC(=O)[C@H]5c5cc[nH]c5)C[C@@H]5[C@@H](CC=C6CC[C@@H](C)C[C@H]65)[C@H](C)C[C@@H](O)[C@]4(C)O)C[C@@]3(O)C1=C(N[C@@H](CO)C(C)=O)C2=O. The number of ether oxygens (including phenoxy) is 1. The lowest BCUT2D eigenvalue weighted by molar-refractivity contribution is -0.201. The van der Waals surface area contributed by atoms with Gasteiger partial charge in [0.15, 0.2) is 17.5 Å². The fraction of sp³-hybridized carbons (Fsp3) is 0.774. The summed E-state index contributed by atoms with van der Waals surface area (Å²) in [4.78, 5) is 51.4. The number of H-pyrrole nitrogens is 1. The van der Waals surface area contributed by atoms with Crippen LogP contribution in [0.4, 0.5) is 0 Å².